The van der Waals surface area contributed by atoms with Crippen LogP contribution in [0.15, 0.2) is 425 Å². The Balaban J connectivity index is 0.000000145. The number of nitrogens with zero attached hydrogens (tertiary/aromatic N) is 4. The zero-order chi connectivity index (χ0) is 94.7. The Labute approximate surface area is 820 Å². The largest absolute Gasteiger partial charge is 0.311 e. The Morgan fingerprint density at radius 2 is 0.362 bits per heavy atom. The molecular formula is C134H122N4. The second-order valence-electron chi connectivity index (χ2n) is 36.5. The first-order valence-electron chi connectivity index (χ1n) is 48.7. The van der Waals surface area contributed by atoms with E-state index >= 15 is 0 Å². The average Bonchev–Trinajstić information content (AvgIpc) is 0.821. The first kappa shape index (κ1) is 93.7. The fourth-order valence-corrected chi connectivity index (χ4v) is 17.8. The van der Waals surface area contributed by atoms with E-state index in [4.69, 9.17) is 0 Å². The lowest BCUT2D eigenvalue weighted by atomic mass is 9.88. The molecule has 2 aliphatic carbocycles. The zero-order valence-corrected chi connectivity index (χ0v) is 80.8. The molecule has 0 unspecified atom stereocenters. The summed E-state index contributed by atoms with van der Waals surface area (Å²) in [4.78, 5) is 9.25. The van der Waals surface area contributed by atoms with Crippen molar-refractivity contribution in [3.63, 3.8) is 0 Å². The Kier molecular flexibility index (Phi) is 31.4. The molecule has 0 aromatic heterocycles. The summed E-state index contributed by atoms with van der Waals surface area (Å²) in [5, 5.41) is 0. The smallest absolute Gasteiger partial charge is 0.0464 e. The Hall–Kier alpha value is -16.1. The van der Waals surface area contributed by atoms with Crippen LogP contribution in [0.2, 0.25) is 0 Å². The SMILES string of the molecule is C(C=Cc1cccc2c1CCCC2)=Cc1ccc(N(c2ccccc2)c2ccc(C=CC=Cc3cccc4c3CCCC4)cc2)cc1.Cc1ccc(C=Cc2ccc(N(c3ccc(C=Cc4ccc(C)cc4)cc3)c3ccc(C)c(C)c3)cc2)cc1.Cc1ccc(N(c2ccc(C)cc2)c2ccc(C=Cc3ccc(C=Cc4ccc(N(c5ccc(C)cc5)c5ccc(C)cc5)cc4)cc3)cc2)cc1. The number of rotatable bonds is 26. The fourth-order valence-electron chi connectivity index (χ4n) is 17.8. The van der Waals surface area contributed by atoms with Crippen LogP contribution >= 0.6 is 0 Å². The number of anilines is 12. The molecule has 0 N–H and O–H groups in total. The second kappa shape index (κ2) is 46.2. The molecule has 4 heteroatoms. The van der Waals surface area contributed by atoms with Crippen molar-refractivity contribution in [3.05, 3.63) is 558 Å². The molecule has 17 aromatic rings. The number of aryl methyl sites for hydroxylation is 10. The van der Waals surface area contributed by atoms with Crippen LogP contribution in [0.4, 0.5) is 68.2 Å². The number of hydrogen-bond acceptors (Lipinski definition) is 4. The van der Waals surface area contributed by atoms with Crippen LogP contribution in [0.25, 0.3) is 72.9 Å². The number of para-hydroxylation sites is 1. The van der Waals surface area contributed by atoms with E-state index in [1.54, 1.807) is 0 Å². The zero-order valence-electron chi connectivity index (χ0n) is 80.8. The van der Waals surface area contributed by atoms with Crippen LogP contribution < -0.4 is 19.6 Å². The van der Waals surface area contributed by atoms with E-state index in [0.29, 0.717) is 0 Å². The third-order valence-electron chi connectivity index (χ3n) is 26.0. The van der Waals surface area contributed by atoms with Crippen molar-refractivity contribution in [2.75, 3.05) is 19.6 Å². The minimum absolute atomic E-state index is 1.13. The van der Waals surface area contributed by atoms with Gasteiger partial charge in [-0.1, -0.05) is 385 Å². The maximum absolute atomic E-state index is 2.33. The van der Waals surface area contributed by atoms with Gasteiger partial charge in [0.1, 0.15) is 0 Å². The summed E-state index contributed by atoms with van der Waals surface area (Å²) in [5.74, 6) is 0. The molecule has 138 heavy (non-hydrogen) atoms. The fraction of sp³-hybridized carbons (Fsp3) is 0.119. The summed E-state index contributed by atoms with van der Waals surface area (Å²) >= 11 is 0. The van der Waals surface area contributed by atoms with E-state index in [-0.39, 0.29) is 0 Å². The number of benzene rings is 17. The molecular weight excluding hydrogens is 1670 g/mol. The molecule has 0 heterocycles. The maximum atomic E-state index is 2.33. The van der Waals surface area contributed by atoms with Crippen LogP contribution in [0.5, 0.6) is 0 Å². The lowest BCUT2D eigenvalue weighted by molar-refractivity contribution is 0.684. The van der Waals surface area contributed by atoms with E-state index in [2.05, 4.69) is 573 Å². The summed E-state index contributed by atoms with van der Waals surface area (Å²) in [7, 11) is 0. The van der Waals surface area contributed by atoms with Gasteiger partial charge in [0.15, 0.2) is 0 Å². The lowest BCUT2D eigenvalue weighted by Crippen LogP contribution is -2.10. The first-order chi connectivity index (χ1) is 67.6. The maximum Gasteiger partial charge on any atom is 0.0464 e. The molecule has 0 saturated carbocycles. The van der Waals surface area contributed by atoms with E-state index in [1.807, 2.05) is 0 Å². The Bertz CT molecular complexity index is 6640. The van der Waals surface area contributed by atoms with Crippen molar-refractivity contribution in [2.24, 2.45) is 0 Å². The molecule has 0 fully saturated rings. The molecule has 17 aromatic carbocycles. The van der Waals surface area contributed by atoms with Crippen molar-refractivity contribution >= 4 is 141 Å². The Morgan fingerprint density at radius 1 is 0.159 bits per heavy atom. The van der Waals surface area contributed by atoms with Gasteiger partial charge in [-0.3, -0.25) is 0 Å². The highest BCUT2D eigenvalue weighted by molar-refractivity contribution is 5.85. The Morgan fingerprint density at radius 3 is 0.630 bits per heavy atom. The van der Waals surface area contributed by atoms with Crippen molar-refractivity contribution < 1.29 is 0 Å². The minimum Gasteiger partial charge on any atom is -0.311 e. The van der Waals surface area contributed by atoms with Gasteiger partial charge in [0.05, 0.1) is 0 Å². The molecule has 0 saturated heterocycles. The molecule has 0 aliphatic heterocycles. The van der Waals surface area contributed by atoms with Gasteiger partial charge in [0.2, 0.25) is 0 Å². The second-order valence-corrected chi connectivity index (χ2v) is 36.5. The summed E-state index contributed by atoms with van der Waals surface area (Å²) in [6.45, 7) is 17.1. The molecule has 0 atom stereocenters. The molecule has 678 valence electrons. The first-order valence-corrected chi connectivity index (χ1v) is 48.7. The van der Waals surface area contributed by atoms with E-state index in [9.17, 15) is 0 Å². The minimum atomic E-state index is 1.13. The molecule has 0 amide bonds. The molecule has 0 bridgehead atoms. The van der Waals surface area contributed by atoms with Crippen LogP contribution in [0, 0.1) is 55.4 Å². The standard InChI is InChI=1S/C50H44N2.C46H43N.C38H35N/c1-37-5-25-45(26-6-37)51(46-27-7-38(2)8-28-46)49-33-21-43(22-34-49)19-17-41-13-15-42(16-14-41)18-20-44-23-35-50(36-24-44)52(47-29-9-39(3)10-30-47)48-31-11-40(4)12-32-48;1-2-24-42(25-3-1)47(43-32-28-36(29-33-43)14-4-6-16-38-20-12-22-40-18-8-10-26-45(38)40)44-34-30-37(31-35-44)15-5-7-17-39-21-13-23-41-19-9-11-27-46(39)41;1-28-5-10-32(11-6-28)14-16-34-18-23-36(24-19-34)39(38-22-9-30(3)31(4)27-38)37-25-20-35(21-26-37)17-15-33-12-7-29(2)8-13-33/h5-36H,1-4H3;1-7,12-17,20-25,28-35H,8-11,18-19,26-27H2;5-27H,1-4H3. The molecule has 4 nitrogen and oxygen atoms in total. The molecule has 0 radical (unpaired) electrons. The molecule has 0 spiro atoms. The predicted molar refractivity (Wildman–Crippen MR) is 600 cm³/mol. The third kappa shape index (κ3) is 25.3. The van der Waals surface area contributed by atoms with Crippen molar-refractivity contribution in [3.8, 4) is 0 Å². The van der Waals surface area contributed by atoms with E-state index in [0.717, 1.165) is 79.4 Å². The van der Waals surface area contributed by atoms with Gasteiger partial charge in [-0.05, 0) is 352 Å². The van der Waals surface area contributed by atoms with Crippen LogP contribution in [-0.4, -0.2) is 0 Å². The highest BCUT2D eigenvalue weighted by atomic mass is 15.2. The molecule has 19 rings (SSSR count). The quantitative estimate of drug-likeness (QED) is 0.0396. The average molecular weight is 1790 g/mol. The summed E-state index contributed by atoms with van der Waals surface area (Å²) in [6, 6.07) is 144. The van der Waals surface area contributed by atoms with Crippen molar-refractivity contribution in [2.45, 2.75) is 107 Å². The lowest BCUT2D eigenvalue weighted by Gasteiger charge is -2.26. The van der Waals surface area contributed by atoms with Crippen molar-refractivity contribution in [1.29, 1.82) is 0 Å². The normalized spacial score (nSPS) is 12.5. The van der Waals surface area contributed by atoms with Gasteiger partial charge in [0, 0.05) is 68.2 Å². The predicted octanol–water partition coefficient (Wildman–Crippen LogP) is 37.3. The highest BCUT2D eigenvalue weighted by Crippen LogP contribution is 2.42. The monoisotopic (exact) mass is 1790 g/mol. The molecule has 2 aliphatic rings. The van der Waals surface area contributed by atoms with Crippen LogP contribution in [0.3, 0.4) is 0 Å². The van der Waals surface area contributed by atoms with Gasteiger partial charge in [-0.25, -0.2) is 0 Å². The van der Waals surface area contributed by atoms with Crippen molar-refractivity contribution in [1.82, 2.24) is 0 Å². The topological polar surface area (TPSA) is 13.0 Å². The number of allylic oxidation sites excluding steroid dienone is 4. The number of hydrogen-bond donors (Lipinski definition) is 0. The van der Waals surface area contributed by atoms with Crippen LogP contribution in [-0.2, 0) is 25.7 Å². The number of fused-ring (bicyclic) bond motifs is 2. The van der Waals surface area contributed by atoms with E-state index < -0.39 is 0 Å². The van der Waals surface area contributed by atoms with Gasteiger partial charge in [-0.15, -0.1) is 0 Å². The van der Waals surface area contributed by atoms with Crippen LogP contribution in [0.1, 0.15) is 159 Å². The highest BCUT2D eigenvalue weighted by Gasteiger charge is 2.20. The van der Waals surface area contributed by atoms with Gasteiger partial charge in [0.25, 0.3) is 0 Å². The summed E-state index contributed by atoms with van der Waals surface area (Å²) < 4.78 is 0. The van der Waals surface area contributed by atoms with Gasteiger partial charge >= 0.3 is 0 Å². The van der Waals surface area contributed by atoms with Gasteiger partial charge in [-0.2, -0.15) is 0 Å². The van der Waals surface area contributed by atoms with Gasteiger partial charge < -0.3 is 19.6 Å². The summed E-state index contributed by atoms with van der Waals surface area (Å²) in [5.41, 5.74) is 44.5. The summed E-state index contributed by atoms with van der Waals surface area (Å²) in [6.07, 6.45) is 45.0. The van der Waals surface area contributed by atoms with E-state index in [1.165, 1.54) is 174 Å². The third-order valence-corrected chi connectivity index (χ3v) is 26.0.